The molecule has 0 radical (unpaired) electrons. The van der Waals surface area contributed by atoms with E-state index in [9.17, 15) is 0 Å². The molecule has 11 heavy (non-hydrogen) atoms. The summed E-state index contributed by atoms with van der Waals surface area (Å²) >= 11 is 0. The maximum absolute atomic E-state index is 5.50. The Labute approximate surface area is 64.9 Å². The Hall–Kier alpha value is -0.870. The molecule has 0 atom stereocenters. The molecular weight excluding hydrogens is 142 g/mol. The monoisotopic (exact) mass is 153 g/mol. The molecule has 2 heterocycles. The first-order chi connectivity index (χ1) is 5.45. The summed E-state index contributed by atoms with van der Waals surface area (Å²) in [6, 6.07) is 0. The molecule has 1 aromatic heterocycles. The number of aromatic nitrogens is 2. The zero-order valence-corrected chi connectivity index (χ0v) is 6.21. The van der Waals surface area contributed by atoms with E-state index in [0.717, 1.165) is 18.7 Å². The minimum absolute atomic E-state index is 0.407. The van der Waals surface area contributed by atoms with Gasteiger partial charge in [-0.1, -0.05) is 0 Å². The number of nitrogens with zero attached hydrogens (tertiary/aromatic N) is 1. The SMILES string of the molecule is c1n[nH]cc1COC1CNC1. The van der Waals surface area contributed by atoms with E-state index in [1.165, 1.54) is 0 Å². The minimum Gasteiger partial charge on any atom is -0.371 e. The highest BCUT2D eigenvalue weighted by atomic mass is 16.5. The first-order valence-electron chi connectivity index (χ1n) is 3.75. The van der Waals surface area contributed by atoms with Crippen molar-refractivity contribution in [1.82, 2.24) is 15.5 Å². The van der Waals surface area contributed by atoms with Crippen LogP contribution >= 0.6 is 0 Å². The molecular formula is C7H11N3O. The van der Waals surface area contributed by atoms with Crippen LogP contribution in [0.3, 0.4) is 0 Å². The summed E-state index contributed by atoms with van der Waals surface area (Å²) < 4.78 is 5.50. The summed E-state index contributed by atoms with van der Waals surface area (Å²) in [6.07, 6.45) is 4.04. The third-order valence-electron chi connectivity index (χ3n) is 1.78. The molecule has 1 aliphatic rings. The Bertz CT molecular complexity index is 205. The summed E-state index contributed by atoms with van der Waals surface area (Å²) in [6.45, 7) is 2.64. The van der Waals surface area contributed by atoms with Gasteiger partial charge < -0.3 is 10.1 Å². The van der Waals surface area contributed by atoms with Gasteiger partial charge in [0.05, 0.1) is 18.9 Å². The van der Waals surface area contributed by atoms with Crippen molar-refractivity contribution < 1.29 is 4.74 Å². The number of ether oxygens (including phenoxy) is 1. The topological polar surface area (TPSA) is 49.9 Å². The maximum Gasteiger partial charge on any atom is 0.0828 e. The lowest BCUT2D eigenvalue weighted by atomic mass is 10.2. The van der Waals surface area contributed by atoms with Gasteiger partial charge in [0.25, 0.3) is 0 Å². The largest absolute Gasteiger partial charge is 0.371 e. The third kappa shape index (κ3) is 1.58. The number of hydrogen-bond acceptors (Lipinski definition) is 3. The van der Waals surface area contributed by atoms with Gasteiger partial charge in [0.15, 0.2) is 0 Å². The molecule has 1 aromatic rings. The molecule has 1 aliphatic heterocycles. The molecule has 0 unspecified atom stereocenters. The standard InChI is InChI=1S/C7H11N3O/c1-6(2-10-9-1)5-11-7-3-8-4-7/h1-2,7-8H,3-5H2,(H,9,10). The van der Waals surface area contributed by atoms with E-state index in [4.69, 9.17) is 4.74 Å². The van der Waals surface area contributed by atoms with Gasteiger partial charge in [-0.15, -0.1) is 0 Å². The molecule has 2 rings (SSSR count). The van der Waals surface area contributed by atoms with Crippen LogP contribution in [0.25, 0.3) is 0 Å². The van der Waals surface area contributed by atoms with Crippen LogP contribution in [0, 0.1) is 0 Å². The van der Waals surface area contributed by atoms with Crippen LogP contribution in [0.1, 0.15) is 5.56 Å². The van der Waals surface area contributed by atoms with Crippen molar-refractivity contribution in [3.8, 4) is 0 Å². The van der Waals surface area contributed by atoms with Crippen LogP contribution in [-0.2, 0) is 11.3 Å². The van der Waals surface area contributed by atoms with Crippen molar-refractivity contribution in [2.45, 2.75) is 12.7 Å². The molecule has 1 saturated heterocycles. The van der Waals surface area contributed by atoms with Crippen LogP contribution in [0.2, 0.25) is 0 Å². The van der Waals surface area contributed by atoms with Gasteiger partial charge in [-0.2, -0.15) is 5.10 Å². The maximum atomic E-state index is 5.50. The second-order valence-electron chi connectivity index (χ2n) is 2.70. The van der Waals surface area contributed by atoms with Gasteiger partial charge in [0, 0.05) is 24.8 Å². The van der Waals surface area contributed by atoms with Crippen LogP contribution in [0.5, 0.6) is 0 Å². The average Bonchev–Trinajstić information content (AvgIpc) is 2.36. The van der Waals surface area contributed by atoms with E-state index in [-0.39, 0.29) is 0 Å². The van der Waals surface area contributed by atoms with Gasteiger partial charge in [-0.3, -0.25) is 5.10 Å². The lowest BCUT2D eigenvalue weighted by Crippen LogP contribution is -2.48. The van der Waals surface area contributed by atoms with Gasteiger partial charge in [0.1, 0.15) is 0 Å². The molecule has 0 amide bonds. The van der Waals surface area contributed by atoms with E-state index in [1.54, 1.807) is 6.20 Å². The summed E-state index contributed by atoms with van der Waals surface area (Å²) in [7, 11) is 0. The Kier molecular flexibility index (Phi) is 1.87. The zero-order chi connectivity index (χ0) is 7.52. The predicted molar refractivity (Wildman–Crippen MR) is 40.0 cm³/mol. The van der Waals surface area contributed by atoms with Crippen molar-refractivity contribution in [2.75, 3.05) is 13.1 Å². The quantitative estimate of drug-likeness (QED) is 0.637. The van der Waals surface area contributed by atoms with E-state index < -0.39 is 0 Å². The van der Waals surface area contributed by atoms with Gasteiger partial charge in [-0.05, 0) is 0 Å². The van der Waals surface area contributed by atoms with Gasteiger partial charge in [0.2, 0.25) is 0 Å². The lowest BCUT2D eigenvalue weighted by molar-refractivity contribution is 0.00759. The second-order valence-corrected chi connectivity index (χ2v) is 2.70. The Morgan fingerprint density at radius 1 is 1.64 bits per heavy atom. The number of hydrogen-bond donors (Lipinski definition) is 2. The van der Waals surface area contributed by atoms with E-state index in [0.29, 0.717) is 12.7 Å². The number of rotatable bonds is 3. The van der Waals surface area contributed by atoms with E-state index in [1.807, 2.05) is 6.20 Å². The molecule has 4 heteroatoms. The van der Waals surface area contributed by atoms with Crippen molar-refractivity contribution in [3.05, 3.63) is 18.0 Å². The summed E-state index contributed by atoms with van der Waals surface area (Å²) in [4.78, 5) is 0. The van der Waals surface area contributed by atoms with E-state index in [2.05, 4.69) is 15.5 Å². The van der Waals surface area contributed by atoms with Crippen molar-refractivity contribution in [3.63, 3.8) is 0 Å². The molecule has 0 aromatic carbocycles. The van der Waals surface area contributed by atoms with Crippen molar-refractivity contribution in [2.24, 2.45) is 0 Å². The summed E-state index contributed by atoms with van der Waals surface area (Å²) in [5.74, 6) is 0. The number of H-pyrrole nitrogens is 1. The number of nitrogens with one attached hydrogen (secondary N) is 2. The smallest absolute Gasteiger partial charge is 0.0828 e. The molecule has 0 aliphatic carbocycles. The van der Waals surface area contributed by atoms with Gasteiger partial charge in [-0.25, -0.2) is 0 Å². The Morgan fingerprint density at radius 3 is 3.09 bits per heavy atom. The summed E-state index contributed by atoms with van der Waals surface area (Å²) in [5.41, 5.74) is 1.11. The zero-order valence-electron chi connectivity index (χ0n) is 6.21. The molecule has 4 nitrogen and oxygen atoms in total. The highest BCUT2D eigenvalue weighted by Crippen LogP contribution is 2.03. The molecule has 0 spiro atoms. The Morgan fingerprint density at radius 2 is 2.55 bits per heavy atom. The van der Waals surface area contributed by atoms with Crippen LogP contribution in [0.15, 0.2) is 12.4 Å². The Balaban J connectivity index is 1.74. The third-order valence-corrected chi connectivity index (χ3v) is 1.78. The fourth-order valence-corrected chi connectivity index (χ4v) is 0.951. The van der Waals surface area contributed by atoms with Crippen molar-refractivity contribution >= 4 is 0 Å². The fraction of sp³-hybridized carbons (Fsp3) is 0.571. The first-order valence-corrected chi connectivity index (χ1v) is 3.75. The lowest BCUT2D eigenvalue weighted by Gasteiger charge is -2.26. The average molecular weight is 153 g/mol. The van der Waals surface area contributed by atoms with Crippen LogP contribution in [0.4, 0.5) is 0 Å². The second kappa shape index (κ2) is 3.02. The normalized spacial score (nSPS) is 18.2. The molecule has 0 bridgehead atoms. The summed E-state index contributed by atoms with van der Waals surface area (Å²) in [5, 5.41) is 9.71. The fourth-order valence-electron chi connectivity index (χ4n) is 0.951. The molecule has 60 valence electrons. The first kappa shape index (κ1) is 6.82. The minimum atomic E-state index is 0.407. The highest BCUT2D eigenvalue weighted by molar-refractivity contribution is 5.00. The predicted octanol–water partition coefficient (Wildman–Crippen LogP) is -0.102. The van der Waals surface area contributed by atoms with Crippen molar-refractivity contribution in [1.29, 1.82) is 0 Å². The molecule has 0 saturated carbocycles. The number of aromatic amines is 1. The van der Waals surface area contributed by atoms with Crippen LogP contribution < -0.4 is 5.32 Å². The van der Waals surface area contributed by atoms with E-state index >= 15 is 0 Å². The molecule has 2 N–H and O–H groups in total. The highest BCUT2D eigenvalue weighted by Gasteiger charge is 2.16. The molecule has 1 fully saturated rings. The van der Waals surface area contributed by atoms with Crippen LogP contribution in [-0.4, -0.2) is 29.4 Å². The van der Waals surface area contributed by atoms with Gasteiger partial charge >= 0.3 is 0 Å².